The highest BCUT2D eigenvalue weighted by Crippen LogP contribution is 2.24. The molecular weight excluding hydrogens is 334 g/mol. The van der Waals surface area contributed by atoms with Crippen LogP contribution in [0.5, 0.6) is 5.75 Å². The maximum absolute atomic E-state index is 5.67. The van der Waals surface area contributed by atoms with Gasteiger partial charge in [-0.25, -0.2) is 0 Å². The molecule has 2 N–H and O–H groups in total. The van der Waals surface area contributed by atoms with Gasteiger partial charge in [-0.05, 0) is 62.4 Å². The highest BCUT2D eigenvalue weighted by Gasteiger charge is 2.24. The molecule has 1 saturated heterocycles. The number of nitrogens with zero attached hydrogens (tertiary/aromatic N) is 1. The standard InChI is InChI=1S/C19H25N3O2S/c1-23-16-8-5-7-15(13-16)21-19(25)20-14-17(18-9-6-12-24-18)22-10-3-2-4-11-22/h5-9,12-13,17H,2-4,10-11,14H2,1H3,(H2,20,21,25)/t17-/m0/s1. The summed E-state index contributed by atoms with van der Waals surface area (Å²) in [5, 5.41) is 7.14. The van der Waals surface area contributed by atoms with Gasteiger partial charge in [0.2, 0.25) is 0 Å². The molecule has 5 nitrogen and oxygen atoms in total. The zero-order valence-electron chi connectivity index (χ0n) is 14.5. The molecule has 3 rings (SSSR count). The lowest BCUT2D eigenvalue weighted by Crippen LogP contribution is -2.41. The molecule has 0 aliphatic carbocycles. The molecule has 0 unspecified atom stereocenters. The molecule has 2 heterocycles. The Bertz CT molecular complexity index is 669. The Morgan fingerprint density at radius 1 is 1.24 bits per heavy atom. The molecule has 1 aliphatic heterocycles. The number of piperidine rings is 1. The molecule has 0 amide bonds. The summed E-state index contributed by atoms with van der Waals surface area (Å²) in [6, 6.07) is 11.9. The van der Waals surface area contributed by atoms with E-state index in [1.807, 2.05) is 36.4 Å². The van der Waals surface area contributed by atoms with E-state index in [2.05, 4.69) is 15.5 Å². The lowest BCUT2D eigenvalue weighted by Gasteiger charge is -2.33. The van der Waals surface area contributed by atoms with Crippen molar-refractivity contribution in [1.29, 1.82) is 0 Å². The number of anilines is 1. The SMILES string of the molecule is COc1cccc(NC(=S)NC[C@@H](c2ccco2)N2CCCCC2)c1. The zero-order chi connectivity index (χ0) is 17.5. The predicted octanol–water partition coefficient (Wildman–Crippen LogP) is 3.80. The van der Waals surface area contributed by atoms with Gasteiger partial charge in [-0.2, -0.15) is 0 Å². The number of hydrogen-bond donors (Lipinski definition) is 2. The Balaban J connectivity index is 1.59. The minimum absolute atomic E-state index is 0.195. The van der Waals surface area contributed by atoms with E-state index in [9.17, 15) is 0 Å². The quantitative estimate of drug-likeness (QED) is 0.765. The van der Waals surface area contributed by atoms with Gasteiger partial charge in [0.1, 0.15) is 11.5 Å². The van der Waals surface area contributed by atoms with Gasteiger partial charge in [0, 0.05) is 18.3 Å². The summed E-state index contributed by atoms with van der Waals surface area (Å²) in [6.07, 6.45) is 5.52. The van der Waals surface area contributed by atoms with E-state index >= 15 is 0 Å². The number of hydrogen-bond acceptors (Lipinski definition) is 4. The maximum Gasteiger partial charge on any atom is 0.170 e. The van der Waals surface area contributed by atoms with Crippen molar-refractivity contribution in [2.45, 2.75) is 25.3 Å². The Hall–Kier alpha value is -2.05. The number of ether oxygens (including phenoxy) is 1. The molecule has 0 saturated carbocycles. The number of furan rings is 1. The summed E-state index contributed by atoms with van der Waals surface area (Å²) in [6.45, 7) is 2.91. The van der Waals surface area contributed by atoms with Gasteiger partial charge < -0.3 is 19.8 Å². The summed E-state index contributed by atoms with van der Waals surface area (Å²) in [5.41, 5.74) is 0.907. The maximum atomic E-state index is 5.67. The number of thiocarbonyl (C=S) groups is 1. The highest BCUT2D eigenvalue weighted by molar-refractivity contribution is 7.80. The van der Waals surface area contributed by atoms with Crippen molar-refractivity contribution in [3.05, 3.63) is 48.4 Å². The number of benzene rings is 1. The zero-order valence-corrected chi connectivity index (χ0v) is 15.3. The van der Waals surface area contributed by atoms with Crippen molar-refractivity contribution in [3.63, 3.8) is 0 Å². The van der Waals surface area contributed by atoms with Crippen molar-refractivity contribution >= 4 is 23.0 Å². The molecular formula is C19H25N3O2S. The van der Waals surface area contributed by atoms with Gasteiger partial charge in [-0.1, -0.05) is 12.5 Å². The van der Waals surface area contributed by atoms with Crippen molar-refractivity contribution < 1.29 is 9.15 Å². The van der Waals surface area contributed by atoms with Crippen molar-refractivity contribution in [3.8, 4) is 5.75 Å². The largest absolute Gasteiger partial charge is 0.497 e. The van der Waals surface area contributed by atoms with Gasteiger partial charge in [0.25, 0.3) is 0 Å². The van der Waals surface area contributed by atoms with E-state index in [1.165, 1.54) is 19.3 Å². The van der Waals surface area contributed by atoms with Crippen molar-refractivity contribution in [1.82, 2.24) is 10.2 Å². The number of rotatable bonds is 6. The smallest absolute Gasteiger partial charge is 0.170 e. The third-order valence-electron chi connectivity index (χ3n) is 4.49. The Morgan fingerprint density at radius 2 is 2.08 bits per heavy atom. The molecule has 1 aromatic carbocycles. The van der Waals surface area contributed by atoms with Crippen molar-refractivity contribution in [2.75, 3.05) is 32.1 Å². The molecule has 0 radical (unpaired) electrons. The number of methoxy groups -OCH3 is 1. The van der Waals surface area contributed by atoms with Crippen LogP contribution in [0.4, 0.5) is 5.69 Å². The Labute approximate surface area is 154 Å². The minimum Gasteiger partial charge on any atom is -0.497 e. The van der Waals surface area contributed by atoms with E-state index in [-0.39, 0.29) is 6.04 Å². The van der Waals surface area contributed by atoms with Crippen LogP contribution in [0.25, 0.3) is 0 Å². The van der Waals surface area contributed by atoms with Crippen LogP contribution in [0.3, 0.4) is 0 Å². The predicted molar refractivity (Wildman–Crippen MR) is 104 cm³/mol. The molecule has 1 aromatic heterocycles. The van der Waals surface area contributed by atoms with Crippen LogP contribution in [-0.2, 0) is 0 Å². The third-order valence-corrected chi connectivity index (χ3v) is 4.73. The minimum atomic E-state index is 0.195. The first-order chi connectivity index (χ1) is 12.3. The number of nitrogens with one attached hydrogen (secondary N) is 2. The molecule has 134 valence electrons. The van der Waals surface area contributed by atoms with Gasteiger partial charge in [-0.15, -0.1) is 0 Å². The molecule has 1 aliphatic rings. The summed E-state index contributed by atoms with van der Waals surface area (Å²) < 4.78 is 10.9. The Morgan fingerprint density at radius 3 is 2.80 bits per heavy atom. The first kappa shape index (κ1) is 17.8. The highest BCUT2D eigenvalue weighted by atomic mass is 32.1. The second-order valence-corrected chi connectivity index (χ2v) is 6.60. The fourth-order valence-electron chi connectivity index (χ4n) is 3.19. The van der Waals surface area contributed by atoms with Crippen LogP contribution in [0.15, 0.2) is 47.1 Å². The molecule has 2 aromatic rings. The van der Waals surface area contributed by atoms with E-state index in [0.29, 0.717) is 11.7 Å². The monoisotopic (exact) mass is 359 g/mol. The van der Waals surface area contributed by atoms with Crippen LogP contribution >= 0.6 is 12.2 Å². The summed E-state index contributed by atoms with van der Waals surface area (Å²) in [5.74, 6) is 1.79. The van der Waals surface area contributed by atoms with Crippen molar-refractivity contribution in [2.24, 2.45) is 0 Å². The normalized spacial score (nSPS) is 16.2. The molecule has 25 heavy (non-hydrogen) atoms. The second-order valence-electron chi connectivity index (χ2n) is 6.19. The third kappa shape index (κ3) is 4.96. The lowest BCUT2D eigenvalue weighted by molar-refractivity contribution is 0.146. The van der Waals surface area contributed by atoms with Crippen LogP contribution in [0.1, 0.15) is 31.1 Å². The second kappa shape index (κ2) is 8.87. The average molecular weight is 359 g/mol. The van der Waals surface area contributed by atoms with Crippen LogP contribution in [0.2, 0.25) is 0 Å². The van der Waals surface area contributed by atoms with Crippen LogP contribution in [0, 0.1) is 0 Å². The summed E-state index contributed by atoms with van der Waals surface area (Å²) >= 11 is 5.45. The summed E-state index contributed by atoms with van der Waals surface area (Å²) in [7, 11) is 1.66. The first-order valence-electron chi connectivity index (χ1n) is 8.72. The van der Waals surface area contributed by atoms with Gasteiger partial charge in [0.05, 0.1) is 19.4 Å². The van der Waals surface area contributed by atoms with E-state index in [4.69, 9.17) is 21.4 Å². The lowest BCUT2D eigenvalue weighted by atomic mass is 10.1. The fourth-order valence-corrected chi connectivity index (χ4v) is 3.39. The molecule has 1 atom stereocenters. The van der Waals surface area contributed by atoms with Gasteiger partial charge in [0.15, 0.2) is 5.11 Å². The van der Waals surface area contributed by atoms with E-state index < -0.39 is 0 Å². The summed E-state index contributed by atoms with van der Waals surface area (Å²) in [4.78, 5) is 2.48. The first-order valence-corrected chi connectivity index (χ1v) is 9.13. The molecule has 6 heteroatoms. The molecule has 1 fully saturated rings. The van der Waals surface area contributed by atoms with Gasteiger partial charge in [-0.3, -0.25) is 4.90 Å². The average Bonchev–Trinajstić information content (AvgIpc) is 3.17. The van der Waals surface area contributed by atoms with Gasteiger partial charge >= 0.3 is 0 Å². The Kier molecular flexibility index (Phi) is 6.30. The molecule has 0 bridgehead atoms. The molecule has 0 spiro atoms. The van der Waals surface area contributed by atoms with Crippen LogP contribution < -0.4 is 15.4 Å². The van der Waals surface area contributed by atoms with Crippen LogP contribution in [-0.4, -0.2) is 36.8 Å². The number of likely N-dealkylation sites (tertiary alicyclic amines) is 1. The van der Waals surface area contributed by atoms with E-state index in [0.717, 1.165) is 30.3 Å². The van der Waals surface area contributed by atoms with E-state index in [1.54, 1.807) is 13.4 Å². The topological polar surface area (TPSA) is 49.7 Å². The fraction of sp³-hybridized carbons (Fsp3) is 0.421.